The molecule has 0 aromatic heterocycles. The molecule has 390 valence electrons. The maximum atomic E-state index is 12.5. The maximum absolute atomic E-state index is 12.5. The summed E-state index contributed by atoms with van der Waals surface area (Å²) in [4.78, 5) is 12.5. The molecule has 3 unspecified atom stereocenters. The first-order valence-corrected chi connectivity index (χ1v) is 30.3. The van der Waals surface area contributed by atoms with Gasteiger partial charge in [-0.05, 0) is 12.8 Å². The standard InChI is InChI=1S/C60H121NO4/c1-3-5-7-9-11-13-15-17-19-21-23-24-25-26-27-28-29-30-31-32-33-34-35-36-37-39-41-43-45-47-49-51-53-55-59(64)61-57(56-62)60(65)58(63)54-52-50-48-46-44-42-40-38-22-20-18-16-14-12-10-8-6-4-2/h57-58,60,62-63,65H,3-56H2,1-2H3,(H,61,64). The second-order valence-corrected chi connectivity index (χ2v) is 21.3. The molecule has 0 rings (SSSR count). The van der Waals surface area contributed by atoms with E-state index in [0.29, 0.717) is 12.8 Å². The van der Waals surface area contributed by atoms with Gasteiger partial charge in [0.25, 0.3) is 0 Å². The summed E-state index contributed by atoms with van der Waals surface area (Å²) in [5, 5.41) is 33.8. The van der Waals surface area contributed by atoms with Gasteiger partial charge >= 0.3 is 0 Å². The molecule has 0 heterocycles. The fourth-order valence-corrected chi connectivity index (χ4v) is 10.1. The van der Waals surface area contributed by atoms with Crippen LogP contribution in [0.1, 0.15) is 354 Å². The molecule has 65 heavy (non-hydrogen) atoms. The first-order chi connectivity index (χ1) is 32.1. The van der Waals surface area contributed by atoms with Crippen LogP contribution in [0.5, 0.6) is 0 Å². The Balaban J connectivity index is 3.43. The summed E-state index contributed by atoms with van der Waals surface area (Å²) in [5.41, 5.74) is 0. The SMILES string of the molecule is CCCCCCCCCCCCCCCCCCCCCCCCCCCCCCCCCCCC(=O)NC(CO)C(O)C(O)CCCCCCCCCCCCCCCCCCCC. The molecular weight excluding hydrogens is 799 g/mol. The lowest BCUT2D eigenvalue weighted by Crippen LogP contribution is -2.50. The molecule has 0 saturated heterocycles. The molecule has 0 aromatic carbocycles. The number of nitrogens with one attached hydrogen (secondary N) is 1. The van der Waals surface area contributed by atoms with Crippen molar-refractivity contribution in [1.29, 1.82) is 0 Å². The molecule has 0 aliphatic heterocycles. The summed E-state index contributed by atoms with van der Waals surface area (Å²) in [6.45, 7) is 4.23. The minimum Gasteiger partial charge on any atom is -0.394 e. The van der Waals surface area contributed by atoms with E-state index < -0.39 is 18.2 Å². The lowest BCUT2D eigenvalue weighted by Gasteiger charge is -2.26. The van der Waals surface area contributed by atoms with Crippen molar-refractivity contribution in [2.24, 2.45) is 0 Å². The minimum atomic E-state index is -1.13. The highest BCUT2D eigenvalue weighted by Gasteiger charge is 2.26. The Hall–Kier alpha value is -0.650. The van der Waals surface area contributed by atoms with Crippen LogP contribution in [0.15, 0.2) is 0 Å². The van der Waals surface area contributed by atoms with Crippen LogP contribution in [0, 0.1) is 0 Å². The Morgan fingerprint density at radius 1 is 0.323 bits per heavy atom. The second-order valence-electron chi connectivity index (χ2n) is 21.3. The van der Waals surface area contributed by atoms with Gasteiger partial charge in [0.2, 0.25) is 5.91 Å². The number of hydrogen-bond donors (Lipinski definition) is 4. The number of rotatable bonds is 57. The smallest absolute Gasteiger partial charge is 0.220 e. The summed E-state index contributed by atoms with van der Waals surface area (Å²) < 4.78 is 0. The van der Waals surface area contributed by atoms with Crippen molar-refractivity contribution in [1.82, 2.24) is 5.32 Å². The topological polar surface area (TPSA) is 89.8 Å². The number of aliphatic hydroxyl groups excluding tert-OH is 3. The zero-order chi connectivity index (χ0) is 47.2. The number of hydrogen-bond acceptors (Lipinski definition) is 4. The molecule has 3 atom stereocenters. The normalized spacial score (nSPS) is 13.1. The zero-order valence-electron chi connectivity index (χ0n) is 44.7. The highest BCUT2D eigenvalue weighted by molar-refractivity contribution is 5.76. The molecule has 0 aliphatic rings. The van der Waals surface area contributed by atoms with Gasteiger partial charge in [0.05, 0.1) is 18.8 Å². The van der Waals surface area contributed by atoms with Crippen molar-refractivity contribution in [3.8, 4) is 0 Å². The van der Waals surface area contributed by atoms with Crippen molar-refractivity contribution >= 4 is 5.91 Å². The minimum absolute atomic E-state index is 0.135. The van der Waals surface area contributed by atoms with Crippen molar-refractivity contribution in [2.45, 2.75) is 372 Å². The molecule has 0 saturated carbocycles. The fraction of sp³-hybridized carbons (Fsp3) is 0.983. The highest BCUT2D eigenvalue weighted by atomic mass is 16.3. The van der Waals surface area contributed by atoms with Crippen LogP contribution in [-0.4, -0.2) is 46.1 Å². The third-order valence-electron chi connectivity index (χ3n) is 14.7. The number of amides is 1. The van der Waals surface area contributed by atoms with Crippen LogP contribution in [-0.2, 0) is 4.79 Å². The maximum Gasteiger partial charge on any atom is 0.220 e. The Morgan fingerprint density at radius 3 is 0.738 bits per heavy atom. The van der Waals surface area contributed by atoms with Gasteiger partial charge in [0.15, 0.2) is 0 Å². The number of aliphatic hydroxyl groups is 3. The number of carbonyl (C=O) groups excluding carboxylic acids is 1. The lowest BCUT2D eigenvalue weighted by atomic mass is 9.99. The summed E-state index contributed by atoms with van der Waals surface area (Å²) in [5.74, 6) is -0.135. The van der Waals surface area contributed by atoms with Gasteiger partial charge in [-0.1, -0.05) is 335 Å². The molecule has 0 radical (unpaired) electrons. The van der Waals surface area contributed by atoms with Crippen molar-refractivity contribution in [3.63, 3.8) is 0 Å². The number of unbranched alkanes of at least 4 members (excludes halogenated alkanes) is 49. The van der Waals surface area contributed by atoms with Crippen LogP contribution in [0.25, 0.3) is 0 Å². The monoisotopic (exact) mass is 920 g/mol. The molecule has 1 amide bonds. The molecule has 0 aromatic rings. The molecule has 5 nitrogen and oxygen atoms in total. The van der Waals surface area contributed by atoms with E-state index in [4.69, 9.17) is 0 Å². The van der Waals surface area contributed by atoms with Crippen molar-refractivity contribution in [3.05, 3.63) is 0 Å². The molecule has 5 heteroatoms. The molecule has 0 fully saturated rings. The Morgan fingerprint density at radius 2 is 0.523 bits per heavy atom. The summed E-state index contributed by atoms with van der Waals surface area (Å²) in [6.07, 6.45) is 68.5. The van der Waals surface area contributed by atoms with Gasteiger partial charge in [-0.3, -0.25) is 4.79 Å². The van der Waals surface area contributed by atoms with Crippen LogP contribution >= 0.6 is 0 Å². The molecule has 0 bridgehead atoms. The van der Waals surface area contributed by atoms with Crippen LogP contribution in [0.4, 0.5) is 0 Å². The Kier molecular flexibility index (Phi) is 55.4. The zero-order valence-corrected chi connectivity index (χ0v) is 44.7. The van der Waals surface area contributed by atoms with Crippen molar-refractivity contribution in [2.75, 3.05) is 6.61 Å². The van der Waals surface area contributed by atoms with E-state index in [0.717, 1.165) is 32.1 Å². The van der Waals surface area contributed by atoms with Gasteiger partial charge < -0.3 is 20.6 Å². The largest absolute Gasteiger partial charge is 0.394 e. The molecule has 4 N–H and O–H groups in total. The molecule has 0 aliphatic carbocycles. The average Bonchev–Trinajstić information content (AvgIpc) is 3.31. The first kappa shape index (κ1) is 64.3. The van der Waals surface area contributed by atoms with E-state index in [9.17, 15) is 20.1 Å². The van der Waals surface area contributed by atoms with Crippen LogP contribution in [0.2, 0.25) is 0 Å². The van der Waals surface area contributed by atoms with Gasteiger partial charge in [0, 0.05) is 6.42 Å². The highest BCUT2D eigenvalue weighted by Crippen LogP contribution is 2.19. The van der Waals surface area contributed by atoms with E-state index >= 15 is 0 Å². The predicted molar refractivity (Wildman–Crippen MR) is 287 cm³/mol. The third kappa shape index (κ3) is 51.0. The molecule has 0 spiro atoms. The first-order valence-electron chi connectivity index (χ1n) is 30.3. The van der Waals surface area contributed by atoms with E-state index in [1.165, 1.54) is 295 Å². The Bertz CT molecular complexity index is 883. The predicted octanol–water partition coefficient (Wildman–Crippen LogP) is 18.9. The van der Waals surface area contributed by atoms with E-state index in [1.54, 1.807) is 0 Å². The number of carbonyl (C=O) groups is 1. The molecular formula is C60H121NO4. The van der Waals surface area contributed by atoms with Crippen molar-refractivity contribution < 1.29 is 20.1 Å². The Labute approximate surface area is 408 Å². The van der Waals surface area contributed by atoms with Gasteiger partial charge in [0.1, 0.15) is 6.10 Å². The summed E-state index contributed by atoms with van der Waals surface area (Å²) in [6, 6.07) is -0.804. The van der Waals surface area contributed by atoms with Crippen LogP contribution < -0.4 is 5.32 Å². The second kappa shape index (κ2) is 55.9. The summed E-state index contributed by atoms with van der Waals surface area (Å²) >= 11 is 0. The fourth-order valence-electron chi connectivity index (χ4n) is 10.1. The summed E-state index contributed by atoms with van der Waals surface area (Å²) in [7, 11) is 0. The van der Waals surface area contributed by atoms with Gasteiger partial charge in [-0.15, -0.1) is 0 Å². The van der Waals surface area contributed by atoms with E-state index in [2.05, 4.69) is 19.2 Å². The van der Waals surface area contributed by atoms with Crippen LogP contribution in [0.3, 0.4) is 0 Å². The van der Waals surface area contributed by atoms with E-state index in [1.807, 2.05) is 0 Å². The van der Waals surface area contributed by atoms with Gasteiger partial charge in [-0.25, -0.2) is 0 Å². The average molecular weight is 921 g/mol. The third-order valence-corrected chi connectivity index (χ3v) is 14.7. The van der Waals surface area contributed by atoms with E-state index in [-0.39, 0.29) is 12.5 Å². The van der Waals surface area contributed by atoms with Gasteiger partial charge in [-0.2, -0.15) is 0 Å². The quantitative estimate of drug-likeness (QED) is 0.0458. The lowest BCUT2D eigenvalue weighted by molar-refractivity contribution is -0.124.